The highest BCUT2D eigenvalue weighted by Crippen LogP contribution is 2.42. The Labute approximate surface area is 117 Å². The average Bonchev–Trinajstić information content (AvgIpc) is 2.70. The van der Waals surface area contributed by atoms with Crippen LogP contribution in [0.2, 0.25) is 0 Å². The van der Waals surface area contributed by atoms with Crippen LogP contribution in [0.4, 0.5) is 0 Å². The van der Waals surface area contributed by atoms with Gasteiger partial charge in [-0.1, -0.05) is 48.5 Å². The van der Waals surface area contributed by atoms with E-state index >= 15 is 0 Å². The third kappa shape index (κ3) is 1.59. The second-order valence-corrected chi connectivity index (χ2v) is 5.05. The lowest BCUT2D eigenvalue weighted by Crippen LogP contribution is -2.51. The summed E-state index contributed by atoms with van der Waals surface area (Å²) in [6.45, 7) is 0. The molecular formula is C16H16N2O2. The van der Waals surface area contributed by atoms with Gasteiger partial charge in [0.2, 0.25) is 5.72 Å². The number of fused-ring (bicyclic) bond motifs is 1. The molecule has 1 amide bonds. The minimum Gasteiger partial charge on any atom is -0.362 e. The predicted octanol–water partition coefficient (Wildman–Crippen LogP) is 1.81. The molecule has 0 aliphatic carbocycles. The van der Waals surface area contributed by atoms with Crippen LogP contribution >= 0.6 is 0 Å². The molecule has 0 saturated carbocycles. The van der Waals surface area contributed by atoms with E-state index in [1.807, 2.05) is 36.4 Å². The molecule has 1 unspecified atom stereocenters. The Morgan fingerprint density at radius 1 is 1.00 bits per heavy atom. The zero-order valence-corrected chi connectivity index (χ0v) is 11.4. The van der Waals surface area contributed by atoms with Gasteiger partial charge in [0.25, 0.3) is 5.91 Å². The van der Waals surface area contributed by atoms with Gasteiger partial charge in [0.1, 0.15) is 0 Å². The van der Waals surface area contributed by atoms with Gasteiger partial charge in [-0.15, -0.1) is 0 Å². The molecule has 2 aromatic rings. The normalized spacial score (nSPS) is 21.4. The molecule has 1 aliphatic heterocycles. The van der Waals surface area contributed by atoms with Crippen molar-refractivity contribution in [3.63, 3.8) is 0 Å². The molecule has 2 aromatic carbocycles. The summed E-state index contributed by atoms with van der Waals surface area (Å²) in [7, 11) is 3.50. The Morgan fingerprint density at radius 2 is 1.60 bits per heavy atom. The lowest BCUT2D eigenvalue weighted by atomic mass is 9.94. The number of nitrogens with zero attached hydrogens (tertiary/aromatic N) is 2. The molecule has 1 N–H and O–H groups in total. The first-order valence-electron chi connectivity index (χ1n) is 6.46. The molecule has 4 heteroatoms. The molecule has 20 heavy (non-hydrogen) atoms. The van der Waals surface area contributed by atoms with E-state index in [2.05, 4.69) is 0 Å². The molecule has 0 saturated heterocycles. The Hall–Kier alpha value is -2.17. The van der Waals surface area contributed by atoms with Crippen LogP contribution in [0.5, 0.6) is 0 Å². The van der Waals surface area contributed by atoms with Crippen molar-refractivity contribution < 1.29 is 9.90 Å². The molecular weight excluding hydrogens is 252 g/mol. The van der Waals surface area contributed by atoms with E-state index in [1.54, 1.807) is 37.3 Å². The van der Waals surface area contributed by atoms with Gasteiger partial charge < -0.3 is 5.11 Å². The zero-order chi connectivity index (χ0) is 14.3. The number of aliphatic hydroxyl groups is 1. The van der Waals surface area contributed by atoms with E-state index in [9.17, 15) is 9.90 Å². The van der Waals surface area contributed by atoms with Crippen LogP contribution in [0, 0.1) is 0 Å². The third-order valence-corrected chi connectivity index (χ3v) is 3.61. The van der Waals surface area contributed by atoms with Gasteiger partial charge >= 0.3 is 0 Å². The van der Waals surface area contributed by atoms with Crippen LogP contribution < -0.4 is 0 Å². The van der Waals surface area contributed by atoms with Crippen LogP contribution in [0.1, 0.15) is 21.5 Å². The van der Waals surface area contributed by atoms with Gasteiger partial charge in [-0.2, -0.15) is 0 Å². The smallest absolute Gasteiger partial charge is 0.271 e. The fourth-order valence-electron chi connectivity index (χ4n) is 2.77. The van der Waals surface area contributed by atoms with Gasteiger partial charge in [0.15, 0.2) is 0 Å². The molecule has 102 valence electrons. The molecule has 0 fully saturated rings. The number of carbonyl (C=O) groups is 1. The van der Waals surface area contributed by atoms with E-state index in [1.165, 1.54) is 5.01 Å². The molecule has 0 bridgehead atoms. The van der Waals surface area contributed by atoms with Gasteiger partial charge in [0.05, 0.1) is 0 Å². The molecule has 1 aliphatic rings. The van der Waals surface area contributed by atoms with E-state index in [4.69, 9.17) is 0 Å². The summed E-state index contributed by atoms with van der Waals surface area (Å²) in [5, 5.41) is 14.3. The minimum absolute atomic E-state index is 0.197. The van der Waals surface area contributed by atoms with Crippen molar-refractivity contribution in [2.24, 2.45) is 0 Å². The number of benzene rings is 2. The number of hydrogen-bond donors (Lipinski definition) is 1. The Kier molecular flexibility index (Phi) is 2.85. The van der Waals surface area contributed by atoms with Crippen molar-refractivity contribution in [2.75, 3.05) is 14.1 Å². The summed E-state index contributed by atoms with van der Waals surface area (Å²) in [5.41, 5.74) is 0.364. The SMILES string of the molecule is CN(C)N1C(=O)c2ccccc2C1(O)c1ccccc1. The fraction of sp³-hybridized carbons (Fsp3) is 0.188. The van der Waals surface area contributed by atoms with Gasteiger partial charge in [-0.25, -0.2) is 10.0 Å². The topological polar surface area (TPSA) is 43.8 Å². The summed E-state index contributed by atoms with van der Waals surface area (Å²) >= 11 is 0. The fourth-order valence-corrected chi connectivity index (χ4v) is 2.77. The highest BCUT2D eigenvalue weighted by atomic mass is 16.3. The number of rotatable bonds is 2. The molecule has 4 nitrogen and oxygen atoms in total. The Bertz CT molecular complexity index is 655. The largest absolute Gasteiger partial charge is 0.362 e. The average molecular weight is 268 g/mol. The van der Waals surface area contributed by atoms with E-state index < -0.39 is 5.72 Å². The highest BCUT2D eigenvalue weighted by Gasteiger charge is 2.51. The molecule has 1 atom stereocenters. The third-order valence-electron chi connectivity index (χ3n) is 3.61. The second kappa shape index (κ2) is 4.44. The van der Waals surface area contributed by atoms with Crippen molar-refractivity contribution in [1.82, 2.24) is 10.0 Å². The minimum atomic E-state index is -1.46. The monoisotopic (exact) mass is 268 g/mol. The number of hydrogen-bond acceptors (Lipinski definition) is 3. The lowest BCUT2D eigenvalue weighted by Gasteiger charge is -2.38. The highest BCUT2D eigenvalue weighted by molar-refractivity contribution is 6.00. The van der Waals surface area contributed by atoms with Crippen molar-refractivity contribution in [2.45, 2.75) is 5.72 Å². The van der Waals surface area contributed by atoms with Crippen molar-refractivity contribution in [3.05, 3.63) is 71.3 Å². The van der Waals surface area contributed by atoms with Crippen molar-refractivity contribution >= 4 is 5.91 Å². The molecule has 3 rings (SSSR count). The maximum Gasteiger partial charge on any atom is 0.271 e. The molecule has 0 aromatic heterocycles. The number of carbonyl (C=O) groups excluding carboxylic acids is 1. The summed E-state index contributed by atoms with van der Waals surface area (Å²) in [5.74, 6) is -0.197. The predicted molar refractivity (Wildman–Crippen MR) is 75.7 cm³/mol. The zero-order valence-electron chi connectivity index (χ0n) is 11.4. The summed E-state index contributed by atoms with van der Waals surface area (Å²) in [6, 6.07) is 16.4. The van der Waals surface area contributed by atoms with Crippen LogP contribution in [0.15, 0.2) is 54.6 Å². The second-order valence-electron chi connectivity index (χ2n) is 5.05. The first-order valence-corrected chi connectivity index (χ1v) is 6.46. The van der Waals surface area contributed by atoms with E-state index in [0.717, 1.165) is 0 Å². The van der Waals surface area contributed by atoms with Gasteiger partial charge in [-0.3, -0.25) is 4.79 Å². The molecule has 1 heterocycles. The van der Waals surface area contributed by atoms with Crippen LogP contribution in [0.3, 0.4) is 0 Å². The van der Waals surface area contributed by atoms with Crippen LogP contribution in [0.25, 0.3) is 0 Å². The standard InChI is InChI=1S/C16H16N2O2/c1-17(2)18-15(19)13-10-6-7-11-14(13)16(18,20)12-8-4-3-5-9-12/h3-11,20H,1-2H3. The van der Waals surface area contributed by atoms with E-state index in [-0.39, 0.29) is 5.91 Å². The Morgan fingerprint density at radius 3 is 2.25 bits per heavy atom. The van der Waals surface area contributed by atoms with Crippen molar-refractivity contribution in [3.8, 4) is 0 Å². The van der Waals surface area contributed by atoms with Crippen LogP contribution in [-0.2, 0) is 5.72 Å². The maximum atomic E-state index is 12.6. The van der Waals surface area contributed by atoms with Crippen LogP contribution in [-0.4, -0.2) is 35.1 Å². The lowest BCUT2D eigenvalue weighted by molar-refractivity contribution is -0.136. The number of hydrazine groups is 1. The summed E-state index contributed by atoms with van der Waals surface area (Å²) in [6.07, 6.45) is 0. The maximum absolute atomic E-state index is 12.6. The van der Waals surface area contributed by atoms with E-state index in [0.29, 0.717) is 16.7 Å². The number of amides is 1. The first-order chi connectivity index (χ1) is 9.56. The first kappa shape index (κ1) is 12.8. The van der Waals surface area contributed by atoms with Gasteiger partial charge in [0, 0.05) is 30.8 Å². The van der Waals surface area contributed by atoms with Gasteiger partial charge in [-0.05, 0) is 6.07 Å². The summed E-state index contributed by atoms with van der Waals surface area (Å²) in [4.78, 5) is 12.6. The molecule has 0 spiro atoms. The quantitative estimate of drug-likeness (QED) is 0.903. The Balaban J connectivity index is 2.28. The van der Waals surface area contributed by atoms with Crippen molar-refractivity contribution in [1.29, 1.82) is 0 Å². The summed E-state index contributed by atoms with van der Waals surface area (Å²) < 4.78 is 0. The molecule has 0 radical (unpaired) electrons.